The summed E-state index contributed by atoms with van der Waals surface area (Å²) in [7, 11) is 0. The summed E-state index contributed by atoms with van der Waals surface area (Å²) in [6.07, 6.45) is 1.45. The lowest BCUT2D eigenvalue weighted by Crippen LogP contribution is -2.47. The minimum absolute atomic E-state index is 0.0138. The van der Waals surface area contributed by atoms with E-state index in [9.17, 15) is 14.7 Å². The van der Waals surface area contributed by atoms with Crippen LogP contribution in [0.4, 0.5) is 0 Å². The number of aromatic hydroxyl groups is 1. The maximum atomic E-state index is 12.2. The number of aliphatic imine (C=N–C) groups is 1. The molecule has 116 valence electrons. The summed E-state index contributed by atoms with van der Waals surface area (Å²) in [5.41, 5.74) is 6.28. The van der Waals surface area contributed by atoms with Crippen molar-refractivity contribution < 1.29 is 24.9 Å². The Morgan fingerprint density at radius 2 is 2.00 bits per heavy atom. The van der Waals surface area contributed by atoms with Crippen molar-refractivity contribution in [3.8, 4) is 5.75 Å². The molecule has 0 bridgehead atoms. The second-order valence-corrected chi connectivity index (χ2v) is 4.67. The number of phenolic OH excluding ortho intramolecular Hbond substituents is 1. The van der Waals surface area contributed by atoms with E-state index in [1.807, 2.05) is 0 Å². The molecule has 1 amide bonds. The highest BCUT2D eigenvalue weighted by molar-refractivity contribution is 6.16. The van der Waals surface area contributed by atoms with Crippen LogP contribution in [0.25, 0.3) is 6.08 Å². The molecule has 8 heteroatoms. The average molecular weight is 305 g/mol. The summed E-state index contributed by atoms with van der Waals surface area (Å²) < 4.78 is 0. The van der Waals surface area contributed by atoms with Gasteiger partial charge in [0.15, 0.2) is 0 Å². The van der Waals surface area contributed by atoms with Crippen molar-refractivity contribution in [2.24, 2.45) is 10.7 Å². The van der Waals surface area contributed by atoms with E-state index in [1.165, 1.54) is 18.2 Å². The highest BCUT2D eigenvalue weighted by Crippen LogP contribution is 2.20. The molecular weight excluding hydrogens is 290 g/mol. The molecule has 1 aromatic rings. The van der Waals surface area contributed by atoms with E-state index in [4.69, 9.17) is 15.9 Å². The molecule has 1 atom stereocenters. The van der Waals surface area contributed by atoms with Crippen molar-refractivity contribution in [1.82, 2.24) is 4.90 Å². The fourth-order valence-electron chi connectivity index (χ4n) is 1.95. The van der Waals surface area contributed by atoms with Crippen molar-refractivity contribution in [3.05, 3.63) is 35.5 Å². The Balaban J connectivity index is 2.36. The van der Waals surface area contributed by atoms with Crippen LogP contribution in [0.3, 0.4) is 0 Å². The number of amides is 1. The number of phenols is 1. The molecule has 22 heavy (non-hydrogen) atoms. The average Bonchev–Trinajstić information content (AvgIpc) is 2.77. The van der Waals surface area contributed by atoms with E-state index in [0.29, 0.717) is 5.56 Å². The van der Waals surface area contributed by atoms with Gasteiger partial charge >= 0.3 is 5.97 Å². The van der Waals surface area contributed by atoms with Gasteiger partial charge in [-0.3, -0.25) is 14.5 Å². The number of rotatable bonds is 5. The fraction of sp³-hybridized carbons (Fsp3) is 0.214. The lowest BCUT2D eigenvalue weighted by atomic mass is 10.2. The molecule has 1 heterocycles. The Morgan fingerprint density at radius 3 is 2.55 bits per heavy atom. The highest BCUT2D eigenvalue weighted by Gasteiger charge is 2.34. The summed E-state index contributed by atoms with van der Waals surface area (Å²) in [6, 6.07) is 5.11. The predicted molar refractivity (Wildman–Crippen MR) is 77.9 cm³/mol. The predicted octanol–water partition coefficient (Wildman–Crippen LogP) is -0.622. The van der Waals surface area contributed by atoms with Gasteiger partial charge in [-0.25, -0.2) is 4.99 Å². The first-order valence-electron chi connectivity index (χ1n) is 6.41. The minimum Gasteiger partial charge on any atom is -0.508 e. The van der Waals surface area contributed by atoms with Gasteiger partial charge in [0.25, 0.3) is 5.91 Å². The van der Waals surface area contributed by atoms with Crippen molar-refractivity contribution in [3.63, 3.8) is 0 Å². The third-order valence-electron chi connectivity index (χ3n) is 2.99. The van der Waals surface area contributed by atoms with Crippen LogP contribution in [0, 0.1) is 0 Å². The smallest absolute Gasteiger partial charge is 0.323 e. The van der Waals surface area contributed by atoms with Gasteiger partial charge in [-0.15, -0.1) is 0 Å². The summed E-state index contributed by atoms with van der Waals surface area (Å²) in [5, 5.41) is 27.2. The first-order valence-corrected chi connectivity index (χ1v) is 6.41. The SMILES string of the molecule is NC(CO)C1=NC(=Cc2ccc(O)cc2)C(=O)N1CC(=O)O. The highest BCUT2D eigenvalue weighted by atomic mass is 16.4. The maximum absolute atomic E-state index is 12.2. The number of nitrogens with two attached hydrogens (primary N) is 1. The molecule has 0 aromatic heterocycles. The first-order chi connectivity index (χ1) is 10.4. The number of benzene rings is 1. The molecule has 0 radical (unpaired) electrons. The van der Waals surface area contributed by atoms with E-state index in [-0.39, 0.29) is 17.3 Å². The molecule has 8 nitrogen and oxygen atoms in total. The van der Waals surface area contributed by atoms with Gasteiger partial charge < -0.3 is 21.1 Å². The lowest BCUT2D eigenvalue weighted by molar-refractivity contribution is -0.140. The van der Waals surface area contributed by atoms with Crippen LogP contribution in [0.1, 0.15) is 5.56 Å². The van der Waals surface area contributed by atoms with E-state index < -0.39 is 31.1 Å². The number of aliphatic hydroxyl groups excluding tert-OH is 1. The van der Waals surface area contributed by atoms with Gasteiger partial charge in [-0.05, 0) is 23.8 Å². The standard InChI is InChI=1S/C14H15N3O5/c15-10(7-18)13-16-11(14(22)17(13)6-12(20)21)5-8-1-3-9(19)4-2-8/h1-5,10,18-19H,6-7,15H2,(H,20,21). The Labute approximate surface area is 125 Å². The third-order valence-corrected chi connectivity index (χ3v) is 2.99. The third kappa shape index (κ3) is 3.30. The van der Waals surface area contributed by atoms with Gasteiger partial charge in [0.2, 0.25) is 0 Å². The van der Waals surface area contributed by atoms with Crippen LogP contribution >= 0.6 is 0 Å². The van der Waals surface area contributed by atoms with Crippen molar-refractivity contribution in [2.75, 3.05) is 13.2 Å². The summed E-state index contributed by atoms with van der Waals surface area (Å²) in [4.78, 5) is 28.1. The number of carbonyl (C=O) groups is 2. The van der Waals surface area contributed by atoms with Gasteiger partial charge in [0.05, 0.1) is 12.6 Å². The topological polar surface area (TPSA) is 136 Å². The minimum atomic E-state index is -1.21. The van der Waals surface area contributed by atoms with E-state index in [0.717, 1.165) is 4.90 Å². The zero-order valence-corrected chi connectivity index (χ0v) is 11.5. The number of carboxylic acid groups (broad SMARTS) is 1. The molecular formula is C14H15N3O5. The molecule has 2 rings (SSSR count). The van der Waals surface area contributed by atoms with Crippen LogP contribution in [0.15, 0.2) is 35.0 Å². The number of aliphatic carboxylic acids is 1. The van der Waals surface area contributed by atoms with Crippen molar-refractivity contribution in [1.29, 1.82) is 0 Å². The summed E-state index contributed by atoms with van der Waals surface area (Å²) in [5.74, 6) is -1.72. The first kappa shape index (κ1) is 15.7. The van der Waals surface area contributed by atoms with E-state index in [2.05, 4.69) is 4.99 Å². The second kappa shape index (κ2) is 6.37. The molecule has 1 aliphatic rings. The zero-order chi connectivity index (χ0) is 16.3. The number of carbonyl (C=O) groups excluding carboxylic acids is 1. The lowest BCUT2D eigenvalue weighted by Gasteiger charge is -2.18. The molecule has 0 saturated carbocycles. The Bertz CT molecular complexity index is 651. The number of aliphatic hydroxyl groups is 1. The molecule has 0 aliphatic carbocycles. The van der Waals surface area contributed by atoms with Gasteiger partial charge in [-0.2, -0.15) is 0 Å². The van der Waals surface area contributed by atoms with Crippen LogP contribution in [-0.2, 0) is 9.59 Å². The van der Waals surface area contributed by atoms with Gasteiger partial charge in [0.1, 0.15) is 23.8 Å². The molecule has 1 aliphatic heterocycles. The molecule has 1 aromatic carbocycles. The molecule has 0 spiro atoms. The second-order valence-electron chi connectivity index (χ2n) is 4.67. The Hall–Kier alpha value is -2.71. The number of nitrogens with zero attached hydrogens (tertiary/aromatic N) is 2. The molecule has 0 saturated heterocycles. The summed E-state index contributed by atoms with van der Waals surface area (Å²) in [6.45, 7) is -1.05. The molecule has 1 unspecified atom stereocenters. The van der Waals surface area contributed by atoms with Crippen LogP contribution in [0.5, 0.6) is 5.75 Å². The van der Waals surface area contributed by atoms with Crippen LogP contribution < -0.4 is 5.73 Å². The largest absolute Gasteiger partial charge is 0.508 e. The van der Waals surface area contributed by atoms with Crippen LogP contribution in [-0.4, -0.2) is 57.1 Å². The van der Waals surface area contributed by atoms with E-state index >= 15 is 0 Å². The summed E-state index contributed by atoms with van der Waals surface area (Å²) >= 11 is 0. The van der Waals surface area contributed by atoms with Crippen molar-refractivity contribution >= 4 is 23.8 Å². The van der Waals surface area contributed by atoms with Gasteiger partial charge in [-0.1, -0.05) is 12.1 Å². The normalized spacial score (nSPS) is 17.7. The Kier molecular flexibility index (Phi) is 4.54. The quantitative estimate of drug-likeness (QED) is 0.535. The Morgan fingerprint density at radius 1 is 1.36 bits per heavy atom. The molecule has 0 fully saturated rings. The number of hydrogen-bond donors (Lipinski definition) is 4. The monoisotopic (exact) mass is 305 g/mol. The fourth-order valence-corrected chi connectivity index (χ4v) is 1.95. The van der Waals surface area contributed by atoms with E-state index in [1.54, 1.807) is 12.1 Å². The van der Waals surface area contributed by atoms with Gasteiger partial charge in [0, 0.05) is 0 Å². The maximum Gasteiger partial charge on any atom is 0.323 e. The molecule has 5 N–H and O–H groups in total. The number of hydrogen-bond acceptors (Lipinski definition) is 6. The van der Waals surface area contributed by atoms with Crippen LogP contribution in [0.2, 0.25) is 0 Å². The number of carboxylic acids is 1. The van der Waals surface area contributed by atoms with Crippen molar-refractivity contribution in [2.45, 2.75) is 6.04 Å². The zero-order valence-electron chi connectivity index (χ0n) is 11.5. The number of amidine groups is 1.